The van der Waals surface area contributed by atoms with Crippen LogP contribution in [0, 0.1) is 0 Å². The Kier molecular flexibility index (Phi) is 2.88. The predicted octanol–water partition coefficient (Wildman–Crippen LogP) is 3.42. The minimum absolute atomic E-state index is 0.728. The molecule has 0 spiro atoms. The zero-order chi connectivity index (χ0) is 10.5. The average molecular weight is 200 g/mol. The summed E-state index contributed by atoms with van der Waals surface area (Å²) in [7, 11) is 1.64. The van der Waals surface area contributed by atoms with Gasteiger partial charge in [0.15, 0.2) is 11.5 Å². The summed E-state index contributed by atoms with van der Waals surface area (Å²) in [6.07, 6.45) is 3.58. The smallest absolute Gasteiger partial charge is 0.168 e. The number of hydrogen-bond donors (Lipinski definition) is 0. The lowest BCUT2D eigenvalue weighted by molar-refractivity contribution is 0.355. The topological polar surface area (TPSA) is 22.4 Å². The molecule has 0 amide bonds. The number of furan rings is 1. The van der Waals surface area contributed by atoms with Gasteiger partial charge in [-0.3, -0.25) is 0 Å². The first-order valence-corrected chi connectivity index (χ1v) is 4.75. The lowest BCUT2D eigenvalue weighted by Crippen LogP contribution is -1.84. The summed E-state index contributed by atoms with van der Waals surface area (Å²) in [5.74, 6) is 1.47. The van der Waals surface area contributed by atoms with E-state index in [0.717, 1.165) is 17.1 Å². The Labute approximate surface area is 88.8 Å². The van der Waals surface area contributed by atoms with E-state index in [-0.39, 0.29) is 0 Å². The van der Waals surface area contributed by atoms with Crippen LogP contribution in [0.3, 0.4) is 0 Å². The molecule has 0 aliphatic carbocycles. The summed E-state index contributed by atoms with van der Waals surface area (Å²) >= 11 is 0. The monoisotopic (exact) mass is 200 g/mol. The maximum absolute atomic E-state index is 5.27. The molecule has 0 aliphatic rings. The first kappa shape index (κ1) is 9.59. The van der Waals surface area contributed by atoms with E-state index < -0.39 is 0 Å². The van der Waals surface area contributed by atoms with E-state index in [1.807, 2.05) is 48.5 Å². The Hall–Kier alpha value is -1.96. The Morgan fingerprint density at radius 3 is 2.53 bits per heavy atom. The third-order valence-corrected chi connectivity index (χ3v) is 2.08. The van der Waals surface area contributed by atoms with Gasteiger partial charge in [-0.25, -0.2) is 0 Å². The van der Waals surface area contributed by atoms with Crippen molar-refractivity contribution in [3.8, 4) is 0 Å². The van der Waals surface area contributed by atoms with Gasteiger partial charge < -0.3 is 9.15 Å². The third kappa shape index (κ3) is 2.29. The van der Waals surface area contributed by atoms with E-state index in [4.69, 9.17) is 9.15 Å². The number of ether oxygens (including phenoxy) is 1. The second kappa shape index (κ2) is 4.51. The van der Waals surface area contributed by atoms with Crippen molar-refractivity contribution in [2.45, 2.75) is 0 Å². The molecule has 0 atom stereocenters. The van der Waals surface area contributed by atoms with E-state index in [9.17, 15) is 0 Å². The highest BCUT2D eigenvalue weighted by atomic mass is 16.5. The second-order valence-electron chi connectivity index (χ2n) is 3.10. The van der Waals surface area contributed by atoms with Gasteiger partial charge in [-0.05, 0) is 23.8 Å². The summed E-state index contributed by atoms with van der Waals surface area (Å²) in [6, 6.07) is 13.7. The van der Waals surface area contributed by atoms with Crippen LogP contribution in [0.5, 0.6) is 0 Å². The van der Waals surface area contributed by atoms with Gasteiger partial charge in [-0.1, -0.05) is 30.3 Å². The molecule has 1 aromatic heterocycles. The summed E-state index contributed by atoms with van der Waals surface area (Å²) < 4.78 is 10.5. The normalized spacial score (nSPS) is 11.4. The summed E-state index contributed by atoms with van der Waals surface area (Å²) in [5.41, 5.74) is 1.09. The van der Waals surface area contributed by atoms with Crippen LogP contribution in [0.2, 0.25) is 0 Å². The largest absolute Gasteiger partial charge is 0.493 e. The first-order chi connectivity index (χ1) is 7.40. The molecule has 0 radical (unpaired) electrons. The standard InChI is InChI=1S/C13H12O2/c1-14-13(12-8-5-9-15-12)10-11-6-3-2-4-7-11/h2-10H,1H3/b13-10+. The van der Waals surface area contributed by atoms with Gasteiger partial charge in [-0.2, -0.15) is 0 Å². The number of methoxy groups -OCH3 is 1. The molecule has 0 bridgehead atoms. The van der Waals surface area contributed by atoms with Crippen LogP contribution < -0.4 is 0 Å². The molecular formula is C13H12O2. The SMILES string of the molecule is CO/C(=C/c1ccccc1)c1ccco1. The van der Waals surface area contributed by atoms with Crippen molar-refractivity contribution in [3.63, 3.8) is 0 Å². The van der Waals surface area contributed by atoms with E-state index in [0.29, 0.717) is 0 Å². The molecule has 76 valence electrons. The molecule has 2 heteroatoms. The third-order valence-electron chi connectivity index (χ3n) is 2.08. The van der Waals surface area contributed by atoms with Crippen molar-refractivity contribution >= 4 is 11.8 Å². The Balaban J connectivity index is 2.32. The predicted molar refractivity (Wildman–Crippen MR) is 60.0 cm³/mol. The van der Waals surface area contributed by atoms with Crippen LogP contribution in [0.15, 0.2) is 53.1 Å². The molecule has 1 aromatic carbocycles. The lowest BCUT2D eigenvalue weighted by Gasteiger charge is -2.02. The van der Waals surface area contributed by atoms with Crippen LogP contribution in [-0.2, 0) is 4.74 Å². The fraction of sp³-hybridized carbons (Fsp3) is 0.0769. The second-order valence-corrected chi connectivity index (χ2v) is 3.10. The summed E-state index contributed by atoms with van der Waals surface area (Å²) in [5, 5.41) is 0. The minimum atomic E-state index is 0.728. The van der Waals surface area contributed by atoms with Crippen molar-refractivity contribution in [1.82, 2.24) is 0 Å². The molecule has 0 saturated heterocycles. The van der Waals surface area contributed by atoms with Crippen molar-refractivity contribution in [2.75, 3.05) is 7.11 Å². The highest BCUT2D eigenvalue weighted by molar-refractivity contribution is 5.74. The van der Waals surface area contributed by atoms with Gasteiger partial charge in [0.2, 0.25) is 0 Å². The quantitative estimate of drug-likeness (QED) is 0.708. The number of benzene rings is 1. The van der Waals surface area contributed by atoms with E-state index in [2.05, 4.69) is 0 Å². The average Bonchev–Trinajstić information content (AvgIpc) is 2.81. The molecule has 2 nitrogen and oxygen atoms in total. The molecule has 0 aliphatic heterocycles. The molecule has 0 fully saturated rings. The Morgan fingerprint density at radius 2 is 1.93 bits per heavy atom. The van der Waals surface area contributed by atoms with Gasteiger partial charge >= 0.3 is 0 Å². The molecule has 2 aromatic rings. The van der Waals surface area contributed by atoms with Gasteiger partial charge in [0.25, 0.3) is 0 Å². The molecule has 0 N–H and O–H groups in total. The van der Waals surface area contributed by atoms with Crippen LogP contribution in [-0.4, -0.2) is 7.11 Å². The maximum Gasteiger partial charge on any atom is 0.168 e. The van der Waals surface area contributed by atoms with Crippen molar-refractivity contribution < 1.29 is 9.15 Å². The van der Waals surface area contributed by atoms with Crippen LogP contribution in [0.1, 0.15) is 11.3 Å². The van der Waals surface area contributed by atoms with Crippen LogP contribution in [0.25, 0.3) is 11.8 Å². The van der Waals surface area contributed by atoms with Crippen molar-refractivity contribution in [1.29, 1.82) is 0 Å². The fourth-order valence-corrected chi connectivity index (χ4v) is 1.35. The number of rotatable bonds is 3. The van der Waals surface area contributed by atoms with Crippen molar-refractivity contribution in [3.05, 3.63) is 60.1 Å². The molecular weight excluding hydrogens is 188 g/mol. The van der Waals surface area contributed by atoms with Gasteiger partial charge in [0.1, 0.15) is 0 Å². The highest BCUT2D eigenvalue weighted by Crippen LogP contribution is 2.18. The van der Waals surface area contributed by atoms with Gasteiger partial charge in [0, 0.05) is 0 Å². The zero-order valence-corrected chi connectivity index (χ0v) is 8.51. The fourth-order valence-electron chi connectivity index (χ4n) is 1.35. The van der Waals surface area contributed by atoms with Crippen LogP contribution >= 0.6 is 0 Å². The molecule has 2 rings (SSSR count). The van der Waals surface area contributed by atoms with Crippen LogP contribution in [0.4, 0.5) is 0 Å². The Morgan fingerprint density at radius 1 is 1.13 bits per heavy atom. The highest BCUT2D eigenvalue weighted by Gasteiger charge is 2.03. The molecule has 0 unspecified atom stereocenters. The minimum Gasteiger partial charge on any atom is -0.493 e. The summed E-state index contributed by atoms with van der Waals surface area (Å²) in [4.78, 5) is 0. The Bertz CT molecular complexity index is 427. The zero-order valence-electron chi connectivity index (χ0n) is 8.51. The first-order valence-electron chi connectivity index (χ1n) is 4.75. The number of hydrogen-bond acceptors (Lipinski definition) is 2. The van der Waals surface area contributed by atoms with Gasteiger partial charge in [0.05, 0.1) is 13.4 Å². The van der Waals surface area contributed by atoms with E-state index in [1.54, 1.807) is 13.4 Å². The van der Waals surface area contributed by atoms with E-state index in [1.165, 1.54) is 0 Å². The van der Waals surface area contributed by atoms with E-state index >= 15 is 0 Å². The molecule has 15 heavy (non-hydrogen) atoms. The van der Waals surface area contributed by atoms with Crippen molar-refractivity contribution in [2.24, 2.45) is 0 Å². The van der Waals surface area contributed by atoms with Gasteiger partial charge in [-0.15, -0.1) is 0 Å². The molecule has 0 saturated carbocycles. The molecule has 1 heterocycles. The lowest BCUT2D eigenvalue weighted by atomic mass is 10.2. The maximum atomic E-state index is 5.27. The summed E-state index contributed by atoms with van der Waals surface area (Å²) in [6.45, 7) is 0.